The van der Waals surface area contributed by atoms with Crippen LogP contribution in [0.5, 0.6) is 0 Å². The molecule has 4 nitrogen and oxygen atoms in total. The molecule has 2 rings (SSSR count). The quantitative estimate of drug-likeness (QED) is 0.866. The van der Waals surface area contributed by atoms with E-state index < -0.39 is 5.54 Å². The number of nitrogens with zero attached hydrogens (tertiary/aromatic N) is 1. The number of hydrogen-bond acceptors (Lipinski definition) is 2. The molecule has 1 saturated carbocycles. The number of rotatable bonds is 4. The van der Waals surface area contributed by atoms with Crippen molar-refractivity contribution in [2.24, 2.45) is 5.92 Å². The fourth-order valence-corrected chi connectivity index (χ4v) is 4.10. The molecule has 2 amide bonds. The van der Waals surface area contributed by atoms with Crippen LogP contribution in [0.25, 0.3) is 0 Å². The molecule has 1 heterocycles. The first kappa shape index (κ1) is 16.3. The van der Waals surface area contributed by atoms with E-state index in [1.165, 1.54) is 19.3 Å². The van der Waals surface area contributed by atoms with Gasteiger partial charge < -0.3 is 10.2 Å². The molecular formula is C17H30N2O2. The molecule has 21 heavy (non-hydrogen) atoms. The highest BCUT2D eigenvalue weighted by Gasteiger charge is 2.45. The summed E-state index contributed by atoms with van der Waals surface area (Å²) >= 11 is 0. The van der Waals surface area contributed by atoms with Crippen LogP contribution >= 0.6 is 0 Å². The Morgan fingerprint density at radius 1 is 1.14 bits per heavy atom. The number of carbonyl (C=O) groups excluding carboxylic acids is 2. The SMILES string of the molecule is CCC1CCCCC1N1CCC(=O)NC(CC)(CC)C1=O. The summed E-state index contributed by atoms with van der Waals surface area (Å²) in [4.78, 5) is 27.3. The Morgan fingerprint density at radius 2 is 1.81 bits per heavy atom. The summed E-state index contributed by atoms with van der Waals surface area (Å²) in [5.74, 6) is 0.782. The molecule has 120 valence electrons. The first-order chi connectivity index (χ1) is 10.1. The minimum absolute atomic E-state index is 0.0263. The van der Waals surface area contributed by atoms with E-state index in [-0.39, 0.29) is 11.8 Å². The monoisotopic (exact) mass is 294 g/mol. The summed E-state index contributed by atoms with van der Waals surface area (Å²) in [6.45, 7) is 6.82. The maximum atomic E-state index is 13.1. The molecule has 1 N–H and O–H groups in total. The molecule has 0 radical (unpaired) electrons. The Bertz CT molecular complexity index is 390. The maximum Gasteiger partial charge on any atom is 0.248 e. The average molecular weight is 294 g/mol. The molecule has 1 saturated heterocycles. The Hall–Kier alpha value is -1.06. The Labute approximate surface area is 128 Å². The zero-order chi connectivity index (χ0) is 15.5. The first-order valence-electron chi connectivity index (χ1n) is 8.70. The summed E-state index contributed by atoms with van der Waals surface area (Å²) in [6.07, 6.45) is 7.72. The highest BCUT2D eigenvalue weighted by Crippen LogP contribution is 2.34. The van der Waals surface area contributed by atoms with Crippen molar-refractivity contribution in [1.82, 2.24) is 10.2 Å². The molecule has 0 aromatic carbocycles. The van der Waals surface area contributed by atoms with Gasteiger partial charge in [0.2, 0.25) is 11.8 Å². The molecule has 4 heteroatoms. The zero-order valence-corrected chi connectivity index (χ0v) is 13.8. The van der Waals surface area contributed by atoms with Crippen LogP contribution < -0.4 is 5.32 Å². The summed E-state index contributed by atoms with van der Waals surface area (Å²) in [6, 6.07) is 0.335. The summed E-state index contributed by atoms with van der Waals surface area (Å²) in [5.41, 5.74) is -0.677. The molecule has 1 aliphatic carbocycles. The van der Waals surface area contributed by atoms with Gasteiger partial charge in [0, 0.05) is 19.0 Å². The van der Waals surface area contributed by atoms with E-state index in [1.807, 2.05) is 13.8 Å². The van der Waals surface area contributed by atoms with Crippen molar-refractivity contribution in [3.8, 4) is 0 Å². The van der Waals surface area contributed by atoms with Crippen LogP contribution in [0, 0.1) is 5.92 Å². The molecule has 2 atom stereocenters. The third kappa shape index (κ3) is 3.09. The topological polar surface area (TPSA) is 49.4 Å². The van der Waals surface area contributed by atoms with Crippen molar-refractivity contribution in [2.75, 3.05) is 6.54 Å². The Kier molecular flexibility index (Phi) is 5.28. The molecule has 0 aromatic heterocycles. The van der Waals surface area contributed by atoms with Crippen molar-refractivity contribution in [3.63, 3.8) is 0 Å². The van der Waals surface area contributed by atoms with Crippen molar-refractivity contribution < 1.29 is 9.59 Å². The third-order valence-corrected chi connectivity index (χ3v) is 5.63. The van der Waals surface area contributed by atoms with Gasteiger partial charge in [0.05, 0.1) is 0 Å². The lowest BCUT2D eigenvalue weighted by atomic mass is 9.80. The second kappa shape index (κ2) is 6.80. The lowest BCUT2D eigenvalue weighted by Gasteiger charge is -2.42. The lowest BCUT2D eigenvalue weighted by molar-refractivity contribution is -0.143. The van der Waals surface area contributed by atoms with Gasteiger partial charge >= 0.3 is 0 Å². The van der Waals surface area contributed by atoms with Crippen LogP contribution in [-0.4, -0.2) is 34.8 Å². The van der Waals surface area contributed by atoms with Gasteiger partial charge in [-0.25, -0.2) is 0 Å². The van der Waals surface area contributed by atoms with E-state index in [0.717, 1.165) is 12.8 Å². The van der Waals surface area contributed by atoms with Crippen molar-refractivity contribution in [1.29, 1.82) is 0 Å². The second-order valence-corrected chi connectivity index (χ2v) is 6.61. The van der Waals surface area contributed by atoms with E-state index in [0.29, 0.717) is 37.8 Å². The predicted octanol–water partition coefficient (Wildman–Crippen LogP) is 2.86. The summed E-state index contributed by atoms with van der Waals surface area (Å²) < 4.78 is 0. The maximum absolute atomic E-state index is 13.1. The Balaban J connectivity index is 2.28. The van der Waals surface area contributed by atoms with E-state index >= 15 is 0 Å². The van der Waals surface area contributed by atoms with Crippen LogP contribution in [0.4, 0.5) is 0 Å². The summed E-state index contributed by atoms with van der Waals surface area (Å²) in [7, 11) is 0. The zero-order valence-electron chi connectivity index (χ0n) is 13.8. The van der Waals surface area contributed by atoms with Gasteiger partial charge in [-0.05, 0) is 31.6 Å². The molecule has 1 aliphatic heterocycles. The largest absolute Gasteiger partial charge is 0.342 e. The van der Waals surface area contributed by atoms with Crippen LogP contribution in [0.3, 0.4) is 0 Å². The smallest absolute Gasteiger partial charge is 0.248 e. The average Bonchev–Trinajstić information content (AvgIpc) is 2.64. The van der Waals surface area contributed by atoms with Gasteiger partial charge in [-0.2, -0.15) is 0 Å². The molecule has 2 unspecified atom stereocenters. The Morgan fingerprint density at radius 3 is 2.43 bits per heavy atom. The van der Waals surface area contributed by atoms with Gasteiger partial charge in [0.1, 0.15) is 5.54 Å². The van der Waals surface area contributed by atoms with Gasteiger partial charge in [-0.15, -0.1) is 0 Å². The van der Waals surface area contributed by atoms with Crippen molar-refractivity contribution >= 4 is 11.8 Å². The molecular weight excluding hydrogens is 264 g/mol. The minimum Gasteiger partial charge on any atom is -0.342 e. The second-order valence-electron chi connectivity index (χ2n) is 6.61. The molecule has 2 fully saturated rings. The van der Waals surface area contributed by atoms with Gasteiger partial charge in [-0.1, -0.05) is 40.0 Å². The summed E-state index contributed by atoms with van der Waals surface area (Å²) in [5, 5.41) is 3.01. The fraction of sp³-hybridized carbons (Fsp3) is 0.882. The highest BCUT2D eigenvalue weighted by atomic mass is 16.2. The van der Waals surface area contributed by atoms with Crippen LogP contribution in [-0.2, 0) is 9.59 Å². The molecule has 2 aliphatic rings. The van der Waals surface area contributed by atoms with Crippen LogP contribution in [0.1, 0.15) is 72.1 Å². The van der Waals surface area contributed by atoms with Crippen molar-refractivity contribution in [2.45, 2.75) is 83.7 Å². The number of nitrogens with one attached hydrogen (secondary N) is 1. The highest BCUT2D eigenvalue weighted by molar-refractivity contribution is 5.93. The van der Waals surface area contributed by atoms with E-state index in [2.05, 4.69) is 17.1 Å². The normalized spacial score (nSPS) is 30.0. The first-order valence-corrected chi connectivity index (χ1v) is 8.70. The lowest BCUT2D eigenvalue weighted by Crippen LogP contribution is -2.59. The van der Waals surface area contributed by atoms with Crippen LogP contribution in [0.15, 0.2) is 0 Å². The predicted molar refractivity (Wildman–Crippen MR) is 83.8 cm³/mol. The number of hydrogen-bond donors (Lipinski definition) is 1. The van der Waals surface area contributed by atoms with E-state index in [1.54, 1.807) is 0 Å². The number of carbonyl (C=O) groups is 2. The van der Waals surface area contributed by atoms with Crippen molar-refractivity contribution in [3.05, 3.63) is 0 Å². The van der Waals surface area contributed by atoms with Gasteiger partial charge in [0.15, 0.2) is 0 Å². The van der Waals surface area contributed by atoms with Gasteiger partial charge in [-0.3, -0.25) is 9.59 Å². The van der Waals surface area contributed by atoms with Crippen LogP contribution in [0.2, 0.25) is 0 Å². The molecule has 0 bridgehead atoms. The van der Waals surface area contributed by atoms with E-state index in [9.17, 15) is 9.59 Å². The number of amides is 2. The third-order valence-electron chi connectivity index (χ3n) is 5.63. The fourth-order valence-electron chi connectivity index (χ4n) is 4.10. The van der Waals surface area contributed by atoms with E-state index in [4.69, 9.17) is 0 Å². The molecule has 0 aromatic rings. The van der Waals surface area contributed by atoms with Gasteiger partial charge in [0.25, 0.3) is 0 Å². The molecule has 0 spiro atoms. The standard InChI is InChI=1S/C17H30N2O2/c1-4-13-9-7-8-10-14(13)19-12-11-15(20)18-17(5-2,6-3)16(19)21/h13-14H,4-12H2,1-3H3,(H,18,20). The minimum atomic E-state index is -0.677.